The van der Waals surface area contributed by atoms with E-state index in [1.54, 1.807) is 18.2 Å². The van der Waals surface area contributed by atoms with E-state index in [4.69, 9.17) is 4.74 Å². The van der Waals surface area contributed by atoms with Crippen molar-refractivity contribution in [2.75, 3.05) is 6.61 Å². The molecule has 0 radical (unpaired) electrons. The van der Waals surface area contributed by atoms with Crippen LogP contribution in [0, 0.1) is 5.92 Å². The molecule has 0 bridgehead atoms. The standard InChI is InChI=1S/C16H19BrF3NO2/c17-11-4-3-5-12(10-11)23-9-8-15(22)21-14-7-2-1-6-13(14)16(18,19)20/h3-5,10,13-14H,1-2,6-9H2,(H,21,22). The highest BCUT2D eigenvalue weighted by atomic mass is 79.9. The Morgan fingerprint density at radius 3 is 2.74 bits per heavy atom. The minimum Gasteiger partial charge on any atom is -0.493 e. The van der Waals surface area contributed by atoms with Crippen molar-refractivity contribution in [3.63, 3.8) is 0 Å². The van der Waals surface area contributed by atoms with Crippen molar-refractivity contribution in [1.29, 1.82) is 0 Å². The summed E-state index contributed by atoms with van der Waals surface area (Å²) in [5.74, 6) is -1.23. The first-order valence-corrected chi connectivity index (χ1v) is 8.40. The fourth-order valence-corrected chi connectivity index (χ4v) is 3.17. The third kappa shape index (κ3) is 5.71. The van der Waals surface area contributed by atoms with Gasteiger partial charge in [0.1, 0.15) is 5.75 Å². The molecule has 2 rings (SSSR count). The number of nitrogens with one attached hydrogen (secondary N) is 1. The Morgan fingerprint density at radius 2 is 2.04 bits per heavy atom. The van der Waals surface area contributed by atoms with Crippen LogP contribution < -0.4 is 10.1 Å². The molecular formula is C16H19BrF3NO2. The number of benzene rings is 1. The first-order chi connectivity index (χ1) is 10.9. The molecule has 1 saturated carbocycles. The molecule has 3 nitrogen and oxygen atoms in total. The largest absolute Gasteiger partial charge is 0.493 e. The molecule has 2 atom stereocenters. The molecule has 128 valence electrons. The van der Waals surface area contributed by atoms with Gasteiger partial charge in [-0.15, -0.1) is 0 Å². The number of carbonyl (C=O) groups is 1. The van der Waals surface area contributed by atoms with Gasteiger partial charge >= 0.3 is 6.18 Å². The third-order valence-corrected chi connectivity index (χ3v) is 4.42. The Hall–Kier alpha value is -1.24. The van der Waals surface area contributed by atoms with E-state index in [2.05, 4.69) is 21.2 Å². The average molecular weight is 394 g/mol. The highest BCUT2D eigenvalue weighted by molar-refractivity contribution is 9.10. The summed E-state index contributed by atoms with van der Waals surface area (Å²) in [7, 11) is 0. The van der Waals surface area contributed by atoms with Gasteiger partial charge in [-0.05, 0) is 31.0 Å². The molecule has 0 saturated heterocycles. The van der Waals surface area contributed by atoms with E-state index >= 15 is 0 Å². The Balaban J connectivity index is 1.79. The molecule has 1 fully saturated rings. The van der Waals surface area contributed by atoms with Crippen LogP contribution in [0.25, 0.3) is 0 Å². The molecule has 1 aromatic rings. The molecule has 1 aliphatic rings. The molecule has 1 N–H and O–H groups in total. The first-order valence-electron chi connectivity index (χ1n) is 7.60. The Bertz CT molecular complexity index is 536. The lowest BCUT2D eigenvalue weighted by Crippen LogP contribution is -2.47. The van der Waals surface area contributed by atoms with Gasteiger partial charge in [-0.2, -0.15) is 13.2 Å². The highest BCUT2D eigenvalue weighted by Gasteiger charge is 2.45. The van der Waals surface area contributed by atoms with Crippen molar-refractivity contribution in [1.82, 2.24) is 5.32 Å². The van der Waals surface area contributed by atoms with E-state index in [0.717, 1.165) is 4.47 Å². The normalized spacial score (nSPS) is 21.7. The number of hydrogen-bond acceptors (Lipinski definition) is 2. The van der Waals surface area contributed by atoms with Crippen molar-refractivity contribution in [2.45, 2.75) is 44.3 Å². The first kappa shape index (κ1) is 18.1. The minimum absolute atomic E-state index is 0.0353. The Morgan fingerprint density at radius 1 is 1.30 bits per heavy atom. The fraction of sp³-hybridized carbons (Fsp3) is 0.562. The molecule has 23 heavy (non-hydrogen) atoms. The third-order valence-electron chi connectivity index (χ3n) is 3.93. The molecule has 1 aliphatic carbocycles. The van der Waals surface area contributed by atoms with Gasteiger partial charge in [0.05, 0.1) is 18.9 Å². The number of halogens is 4. The number of rotatable bonds is 5. The van der Waals surface area contributed by atoms with Crippen molar-refractivity contribution >= 4 is 21.8 Å². The summed E-state index contributed by atoms with van der Waals surface area (Å²) in [6.07, 6.45) is -2.49. The van der Waals surface area contributed by atoms with Crippen molar-refractivity contribution in [2.24, 2.45) is 5.92 Å². The van der Waals surface area contributed by atoms with E-state index in [9.17, 15) is 18.0 Å². The molecule has 1 amide bonds. The molecule has 2 unspecified atom stereocenters. The lowest BCUT2D eigenvalue weighted by Gasteiger charge is -2.33. The lowest BCUT2D eigenvalue weighted by atomic mass is 9.84. The maximum Gasteiger partial charge on any atom is 0.393 e. The van der Waals surface area contributed by atoms with Gasteiger partial charge in [-0.25, -0.2) is 0 Å². The van der Waals surface area contributed by atoms with Gasteiger partial charge in [0, 0.05) is 10.5 Å². The smallest absolute Gasteiger partial charge is 0.393 e. The molecule has 7 heteroatoms. The highest BCUT2D eigenvalue weighted by Crippen LogP contribution is 2.37. The number of hydrogen-bond donors (Lipinski definition) is 1. The quantitative estimate of drug-likeness (QED) is 0.801. The monoisotopic (exact) mass is 393 g/mol. The molecule has 0 aliphatic heterocycles. The maximum absolute atomic E-state index is 13.0. The summed E-state index contributed by atoms with van der Waals surface area (Å²) < 4.78 is 45.2. The molecule has 0 heterocycles. The second-order valence-electron chi connectivity index (χ2n) is 5.66. The van der Waals surface area contributed by atoms with Crippen LogP contribution in [0.15, 0.2) is 28.7 Å². The Kier molecular flexibility index (Phi) is 6.33. The number of carbonyl (C=O) groups excluding carboxylic acids is 1. The Labute approximate surface area is 141 Å². The van der Waals surface area contributed by atoms with Crippen LogP contribution in [-0.4, -0.2) is 24.7 Å². The van der Waals surface area contributed by atoms with Gasteiger partial charge in [0.2, 0.25) is 5.91 Å². The van der Waals surface area contributed by atoms with Gasteiger partial charge in [-0.3, -0.25) is 4.79 Å². The maximum atomic E-state index is 13.0. The van der Waals surface area contributed by atoms with E-state index < -0.39 is 24.0 Å². The summed E-state index contributed by atoms with van der Waals surface area (Å²) in [6, 6.07) is 6.35. The van der Waals surface area contributed by atoms with Crippen LogP contribution in [0.2, 0.25) is 0 Å². The number of alkyl halides is 3. The minimum atomic E-state index is -4.26. The van der Waals surface area contributed by atoms with Gasteiger partial charge in [0.25, 0.3) is 0 Å². The summed E-state index contributed by atoms with van der Waals surface area (Å²) in [5.41, 5.74) is 0. The van der Waals surface area contributed by atoms with Crippen LogP contribution in [0.4, 0.5) is 13.2 Å². The van der Waals surface area contributed by atoms with Gasteiger partial charge in [-0.1, -0.05) is 34.8 Å². The van der Waals surface area contributed by atoms with Crippen molar-refractivity contribution in [3.8, 4) is 5.75 Å². The number of ether oxygens (including phenoxy) is 1. The van der Waals surface area contributed by atoms with Crippen LogP contribution in [0.1, 0.15) is 32.1 Å². The number of amides is 1. The molecule has 1 aromatic carbocycles. The summed E-state index contributed by atoms with van der Waals surface area (Å²) in [4.78, 5) is 11.9. The van der Waals surface area contributed by atoms with Crippen LogP contribution in [0.3, 0.4) is 0 Å². The second kappa shape index (κ2) is 8.04. The SMILES string of the molecule is O=C(CCOc1cccc(Br)c1)NC1CCCCC1C(F)(F)F. The van der Waals surface area contributed by atoms with E-state index in [-0.39, 0.29) is 19.4 Å². The molecule has 0 aromatic heterocycles. The van der Waals surface area contributed by atoms with E-state index in [0.29, 0.717) is 25.0 Å². The summed E-state index contributed by atoms with van der Waals surface area (Å²) in [5, 5.41) is 2.52. The van der Waals surface area contributed by atoms with Crippen molar-refractivity contribution in [3.05, 3.63) is 28.7 Å². The zero-order valence-electron chi connectivity index (χ0n) is 12.5. The van der Waals surface area contributed by atoms with Gasteiger partial charge < -0.3 is 10.1 Å². The fourth-order valence-electron chi connectivity index (χ4n) is 2.79. The summed E-state index contributed by atoms with van der Waals surface area (Å²) in [6.45, 7) is 0.131. The average Bonchev–Trinajstić information content (AvgIpc) is 2.47. The van der Waals surface area contributed by atoms with Crippen LogP contribution >= 0.6 is 15.9 Å². The molecule has 0 spiro atoms. The topological polar surface area (TPSA) is 38.3 Å². The van der Waals surface area contributed by atoms with Crippen molar-refractivity contribution < 1.29 is 22.7 Å². The van der Waals surface area contributed by atoms with Crippen LogP contribution in [-0.2, 0) is 4.79 Å². The lowest BCUT2D eigenvalue weighted by molar-refractivity contribution is -0.189. The summed E-state index contributed by atoms with van der Waals surface area (Å²) >= 11 is 3.31. The zero-order valence-corrected chi connectivity index (χ0v) is 14.1. The predicted molar refractivity (Wildman–Crippen MR) is 84.2 cm³/mol. The van der Waals surface area contributed by atoms with Crippen LogP contribution in [0.5, 0.6) is 5.75 Å². The zero-order chi connectivity index (χ0) is 16.9. The predicted octanol–water partition coefficient (Wildman–Crippen LogP) is 4.46. The van der Waals surface area contributed by atoms with E-state index in [1.165, 1.54) is 0 Å². The van der Waals surface area contributed by atoms with Gasteiger partial charge in [0.15, 0.2) is 0 Å². The second-order valence-corrected chi connectivity index (χ2v) is 6.58. The van der Waals surface area contributed by atoms with E-state index in [1.807, 2.05) is 6.07 Å². The molecular weight excluding hydrogens is 375 g/mol.